The van der Waals surface area contributed by atoms with E-state index < -0.39 is 0 Å². The molecule has 0 unspecified atom stereocenters. The van der Waals surface area contributed by atoms with Crippen LogP contribution in [0.4, 0.5) is 0 Å². The molecule has 5 heteroatoms. The predicted molar refractivity (Wildman–Crippen MR) is 199 cm³/mol. The molecule has 0 aliphatic heterocycles. The second-order valence-electron chi connectivity index (χ2n) is 12.0. The number of para-hydroxylation sites is 1. The lowest BCUT2D eigenvalue weighted by Gasteiger charge is -2.16. The Morgan fingerprint density at radius 2 is 0.857 bits per heavy atom. The zero-order valence-electron chi connectivity index (χ0n) is 26.5. The van der Waals surface area contributed by atoms with Crippen LogP contribution in [0.15, 0.2) is 176 Å². The lowest BCUT2D eigenvalue weighted by atomic mass is 10.0. The van der Waals surface area contributed by atoms with E-state index in [9.17, 15) is 0 Å². The van der Waals surface area contributed by atoms with Crippen molar-refractivity contribution in [2.24, 2.45) is 0 Å². The first-order valence-electron chi connectivity index (χ1n) is 16.3. The largest absolute Gasteiger partial charge is 0.309 e. The number of nitrogens with zero attached hydrogens (tertiary/aromatic N) is 5. The smallest absolute Gasteiger partial charge is 0.166 e. The Labute approximate surface area is 283 Å². The van der Waals surface area contributed by atoms with Gasteiger partial charge in [-0.15, -0.1) is 0 Å². The minimum Gasteiger partial charge on any atom is -0.309 e. The van der Waals surface area contributed by atoms with E-state index in [-0.39, 0.29) is 0 Å². The van der Waals surface area contributed by atoms with Crippen molar-refractivity contribution in [1.82, 2.24) is 24.5 Å². The van der Waals surface area contributed by atoms with Gasteiger partial charge in [-0.2, -0.15) is 0 Å². The van der Waals surface area contributed by atoms with Gasteiger partial charge in [-0.3, -0.25) is 4.98 Å². The molecule has 0 aliphatic carbocycles. The minimum atomic E-state index is 0.602. The molecule has 0 radical (unpaired) electrons. The fourth-order valence-electron chi connectivity index (χ4n) is 6.61. The van der Waals surface area contributed by atoms with E-state index in [1.807, 2.05) is 85.2 Å². The van der Waals surface area contributed by atoms with Gasteiger partial charge in [0, 0.05) is 39.9 Å². The summed E-state index contributed by atoms with van der Waals surface area (Å²) in [7, 11) is 0. The molecule has 0 atom stereocenters. The van der Waals surface area contributed by atoms with Crippen LogP contribution in [-0.2, 0) is 0 Å². The molecule has 0 N–H and O–H groups in total. The van der Waals surface area contributed by atoms with Gasteiger partial charge in [0.2, 0.25) is 0 Å². The Morgan fingerprint density at radius 3 is 1.53 bits per heavy atom. The normalized spacial score (nSPS) is 11.3. The average molecular weight is 628 g/mol. The van der Waals surface area contributed by atoms with E-state index >= 15 is 0 Å². The molecule has 5 nitrogen and oxygen atoms in total. The number of rotatable bonds is 6. The van der Waals surface area contributed by atoms with E-state index in [4.69, 9.17) is 15.0 Å². The molecule has 6 aromatic carbocycles. The maximum absolute atomic E-state index is 5.17. The maximum Gasteiger partial charge on any atom is 0.166 e. The molecule has 0 saturated carbocycles. The average Bonchev–Trinajstić information content (AvgIpc) is 3.52. The quantitative estimate of drug-likeness (QED) is 0.184. The zero-order valence-corrected chi connectivity index (χ0v) is 26.5. The van der Waals surface area contributed by atoms with Crippen LogP contribution in [0.5, 0.6) is 0 Å². The number of aromatic nitrogens is 5. The first-order chi connectivity index (χ1) is 24.3. The Hall–Kier alpha value is -6.72. The highest BCUT2D eigenvalue weighted by molar-refractivity contribution is 6.11. The first kappa shape index (κ1) is 28.5. The van der Waals surface area contributed by atoms with Crippen molar-refractivity contribution in [3.05, 3.63) is 176 Å². The summed E-state index contributed by atoms with van der Waals surface area (Å²) in [6, 6.07) is 56.7. The van der Waals surface area contributed by atoms with Crippen molar-refractivity contribution < 1.29 is 0 Å². The van der Waals surface area contributed by atoms with Gasteiger partial charge >= 0.3 is 0 Å². The van der Waals surface area contributed by atoms with Gasteiger partial charge in [-0.05, 0) is 64.7 Å². The van der Waals surface area contributed by atoms with Crippen molar-refractivity contribution in [1.29, 1.82) is 0 Å². The fourth-order valence-corrected chi connectivity index (χ4v) is 6.61. The van der Waals surface area contributed by atoms with E-state index in [1.54, 1.807) is 0 Å². The minimum absolute atomic E-state index is 0.602. The van der Waals surface area contributed by atoms with Gasteiger partial charge in [0.1, 0.15) is 0 Å². The van der Waals surface area contributed by atoms with Crippen molar-refractivity contribution in [3.8, 4) is 62.1 Å². The van der Waals surface area contributed by atoms with E-state index in [2.05, 4.69) is 101 Å². The van der Waals surface area contributed by atoms with Crippen molar-refractivity contribution in [3.63, 3.8) is 0 Å². The third-order valence-electron chi connectivity index (χ3n) is 8.97. The van der Waals surface area contributed by atoms with Gasteiger partial charge in [0.15, 0.2) is 17.5 Å². The number of benzene rings is 6. The molecule has 9 aromatic rings. The van der Waals surface area contributed by atoms with E-state index in [0.29, 0.717) is 17.5 Å². The van der Waals surface area contributed by atoms with Gasteiger partial charge < -0.3 is 4.57 Å². The molecule has 0 amide bonds. The summed E-state index contributed by atoms with van der Waals surface area (Å²) < 4.78 is 2.35. The first-order valence-corrected chi connectivity index (χ1v) is 16.3. The molecule has 0 saturated heterocycles. The Bertz CT molecular complexity index is 2520. The van der Waals surface area contributed by atoms with Crippen LogP contribution in [0.25, 0.3) is 83.9 Å². The molecule has 230 valence electrons. The van der Waals surface area contributed by atoms with E-state index in [1.165, 1.54) is 21.9 Å². The monoisotopic (exact) mass is 627 g/mol. The lowest BCUT2D eigenvalue weighted by molar-refractivity contribution is 1.06. The Balaban J connectivity index is 1.34. The van der Waals surface area contributed by atoms with Gasteiger partial charge in [-0.25, -0.2) is 15.0 Å². The van der Waals surface area contributed by atoms with Crippen LogP contribution in [0.2, 0.25) is 0 Å². The number of fused-ring (bicyclic) bond motifs is 3. The molecule has 3 heterocycles. The van der Waals surface area contributed by atoms with Crippen LogP contribution in [-0.4, -0.2) is 24.5 Å². The molecule has 0 bridgehead atoms. The molecule has 49 heavy (non-hydrogen) atoms. The second kappa shape index (κ2) is 12.1. The third-order valence-corrected chi connectivity index (χ3v) is 8.97. The summed E-state index contributed by atoms with van der Waals surface area (Å²) in [5.41, 5.74) is 10.5. The third kappa shape index (κ3) is 5.24. The standard InChI is InChI=1S/C44H29N5/c1-4-12-30(13-5-1)34-20-22-40-37(28-34)36-18-10-11-19-39(36)49(40)41-23-21-35(31-24-26-45-27-25-31)29-38(41)44-47-42(32-14-6-2-7-15-32)46-43(48-44)33-16-8-3-9-17-33/h1-29H. The molecule has 0 spiro atoms. The number of hydrogen-bond donors (Lipinski definition) is 0. The Kier molecular flexibility index (Phi) is 7.06. The van der Waals surface area contributed by atoms with Crippen molar-refractivity contribution >= 4 is 21.8 Å². The number of hydrogen-bond acceptors (Lipinski definition) is 4. The molecular formula is C44H29N5. The molecule has 0 fully saturated rings. The highest BCUT2D eigenvalue weighted by atomic mass is 15.1. The molecule has 0 aliphatic rings. The van der Waals surface area contributed by atoms with Crippen molar-refractivity contribution in [2.75, 3.05) is 0 Å². The van der Waals surface area contributed by atoms with Gasteiger partial charge in [0.05, 0.1) is 16.7 Å². The molecule has 3 aromatic heterocycles. The summed E-state index contributed by atoms with van der Waals surface area (Å²) in [6.07, 6.45) is 3.65. The predicted octanol–water partition coefficient (Wildman–Crippen LogP) is 10.7. The summed E-state index contributed by atoms with van der Waals surface area (Å²) >= 11 is 0. The SMILES string of the molecule is c1ccc(-c2ccc3c(c2)c2ccccc2n3-c2ccc(-c3ccncc3)cc2-c2nc(-c3ccccc3)nc(-c3ccccc3)n2)cc1. The van der Waals surface area contributed by atoms with Crippen LogP contribution < -0.4 is 0 Å². The molecular weight excluding hydrogens is 599 g/mol. The fraction of sp³-hybridized carbons (Fsp3) is 0. The van der Waals surface area contributed by atoms with Crippen LogP contribution in [0.1, 0.15) is 0 Å². The van der Waals surface area contributed by atoms with Crippen LogP contribution >= 0.6 is 0 Å². The summed E-state index contributed by atoms with van der Waals surface area (Å²) in [4.78, 5) is 19.6. The van der Waals surface area contributed by atoms with Crippen LogP contribution in [0, 0.1) is 0 Å². The Morgan fingerprint density at radius 1 is 0.347 bits per heavy atom. The van der Waals surface area contributed by atoms with Crippen molar-refractivity contribution in [2.45, 2.75) is 0 Å². The summed E-state index contributed by atoms with van der Waals surface area (Å²) in [5.74, 6) is 1.85. The molecule has 9 rings (SSSR count). The topological polar surface area (TPSA) is 56.5 Å². The highest BCUT2D eigenvalue weighted by Crippen LogP contribution is 2.39. The summed E-state index contributed by atoms with van der Waals surface area (Å²) in [6.45, 7) is 0. The van der Waals surface area contributed by atoms with Gasteiger partial charge in [-0.1, -0.05) is 121 Å². The second-order valence-corrected chi connectivity index (χ2v) is 12.0. The zero-order chi connectivity index (χ0) is 32.6. The van der Waals surface area contributed by atoms with Gasteiger partial charge in [0.25, 0.3) is 0 Å². The maximum atomic E-state index is 5.17. The summed E-state index contributed by atoms with van der Waals surface area (Å²) in [5, 5.41) is 2.37. The number of pyridine rings is 1. The highest BCUT2D eigenvalue weighted by Gasteiger charge is 2.20. The van der Waals surface area contributed by atoms with Crippen LogP contribution in [0.3, 0.4) is 0 Å². The van der Waals surface area contributed by atoms with E-state index in [0.717, 1.165) is 44.5 Å². The lowest BCUT2D eigenvalue weighted by Crippen LogP contribution is -2.04.